The third-order valence-corrected chi connectivity index (χ3v) is 4.65. The second-order valence-corrected chi connectivity index (χ2v) is 7.20. The lowest BCUT2D eigenvalue weighted by molar-refractivity contribution is -0.154. The van der Waals surface area contributed by atoms with E-state index in [4.69, 9.17) is 26.9 Å². The van der Waals surface area contributed by atoms with Crippen LogP contribution in [0.3, 0.4) is 0 Å². The molecule has 0 aliphatic carbocycles. The molecule has 2 aromatic rings. The summed E-state index contributed by atoms with van der Waals surface area (Å²) in [6.07, 6.45) is -0.992. The summed E-state index contributed by atoms with van der Waals surface area (Å²) in [5, 5.41) is 28.2. The molecular formula is C22H22N4O9. The Kier molecular flexibility index (Phi) is 9.00. The van der Waals surface area contributed by atoms with Crippen molar-refractivity contribution in [3.05, 3.63) is 64.7 Å². The summed E-state index contributed by atoms with van der Waals surface area (Å²) >= 11 is 0. The van der Waals surface area contributed by atoms with E-state index in [2.05, 4.69) is 10.2 Å². The van der Waals surface area contributed by atoms with E-state index in [0.717, 1.165) is 0 Å². The number of hydrogen-bond donors (Lipinski definition) is 6. The molecule has 0 unspecified atom stereocenters. The standard InChI is InChI=1S/C22H22N4O9/c23-19(24)14-6-5-13(7-16(27)22(33)35-25)17(8-14)34-10-15(9-18(28)29)26-20(30)11-1-3-12(4-2-11)21(31)32/h1-6,8,15H,7,9-10,25H2,(H3,23,24)(H,26,30)(H,28,29)(H,31,32)/t15-/m1/s1. The van der Waals surface area contributed by atoms with Crippen molar-refractivity contribution >= 4 is 35.4 Å². The van der Waals surface area contributed by atoms with Gasteiger partial charge < -0.3 is 30.8 Å². The van der Waals surface area contributed by atoms with Crippen LogP contribution in [0.1, 0.15) is 38.3 Å². The first-order valence-electron chi connectivity index (χ1n) is 9.91. The first-order valence-corrected chi connectivity index (χ1v) is 9.91. The number of carboxylic acid groups (broad SMARTS) is 2. The minimum Gasteiger partial charge on any atom is -0.491 e. The number of carboxylic acids is 2. The van der Waals surface area contributed by atoms with Gasteiger partial charge in [-0.25, -0.2) is 9.59 Å². The Morgan fingerprint density at radius 2 is 1.57 bits per heavy atom. The molecule has 0 fully saturated rings. The van der Waals surface area contributed by atoms with Gasteiger partial charge in [0, 0.05) is 23.1 Å². The molecule has 35 heavy (non-hydrogen) atoms. The number of amides is 1. The minimum absolute atomic E-state index is 0.0197. The highest BCUT2D eigenvalue weighted by Crippen LogP contribution is 2.22. The summed E-state index contributed by atoms with van der Waals surface area (Å²) in [5.74, 6) is -0.910. The smallest absolute Gasteiger partial charge is 0.393 e. The number of ketones is 1. The predicted octanol–water partition coefficient (Wildman–Crippen LogP) is -0.151. The van der Waals surface area contributed by atoms with E-state index < -0.39 is 48.5 Å². The van der Waals surface area contributed by atoms with Crippen molar-refractivity contribution in [1.82, 2.24) is 5.32 Å². The van der Waals surface area contributed by atoms with Crippen molar-refractivity contribution in [2.45, 2.75) is 18.9 Å². The summed E-state index contributed by atoms with van der Waals surface area (Å²) in [5.41, 5.74) is 5.98. The van der Waals surface area contributed by atoms with Crippen LogP contribution in [0.2, 0.25) is 0 Å². The van der Waals surface area contributed by atoms with Crippen LogP contribution in [-0.4, -0.2) is 58.3 Å². The van der Waals surface area contributed by atoms with Crippen molar-refractivity contribution in [1.29, 1.82) is 5.41 Å². The Hall–Kier alpha value is -4.78. The molecule has 2 aromatic carbocycles. The second kappa shape index (κ2) is 11.9. The fourth-order valence-electron chi connectivity index (χ4n) is 2.90. The minimum atomic E-state index is -1.28. The lowest BCUT2D eigenvalue weighted by Crippen LogP contribution is -2.40. The Balaban J connectivity index is 2.22. The highest BCUT2D eigenvalue weighted by Gasteiger charge is 2.21. The Bertz CT molecular complexity index is 1160. The van der Waals surface area contributed by atoms with Gasteiger partial charge in [0.15, 0.2) is 0 Å². The molecule has 0 saturated heterocycles. The lowest BCUT2D eigenvalue weighted by atomic mass is 10.0. The van der Waals surface area contributed by atoms with Gasteiger partial charge >= 0.3 is 17.9 Å². The van der Waals surface area contributed by atoms with E-state index in [9.17, 15) is 29.1 Å². The summed E-state index contributed by atoms with van der Waals surface area (Å²) in [7, 11) is 0. The van der Waals surface area contributed by atoms with Crippen LogP contribution >= 0.6 is 0 Å². The zero-order chi connectivity index (χ0) is 26.1. The molecule has 8 N–H and O–H groups in total. The number of hydrogen-bond acceptors (Lipinski definition) is 9. The fraction of sp³-hybridized carbons (Fsp3) is 0.182. The van der Waals surface area contributed by atoms with Crippen molar-refractivity contribution in [3.8, 4) is 5.75 Å². The molecular weight excluding hydrogens is 464 g/mol. The van der Waals surface area contributed by atoms with Gasteiger partial charge in [0.05, 0.1) is 18.0 Å². The molecule has 1 amide bonds. The van der Waals surface area contributed by atoms with Crippen LogP contribution in [0.4, 0.5) is 0 Å². The zero-order valence-electron chi connectivity index (χ0n) is 18.1. The Morgan fingerprint density at radius 3 is 2.11 bits per heavy atom. The van der Waals surface area contributed by atoms with Gasteiger partial charge in [-0.05, 0) is 30.3 Å². The zero-order valence-corrected chi connectivity index (χ0v) is 18.1. The largest absolute Gasteiger partial charge is 0.491 e. The maximum absolute atomic E-state index is 12.5. The number of rotatable bonds is 12. The number of aliphatic carboxylic acids is 1. The topological polar surface area (TPSA) is 232 Å². The Morgan fingerprint density at radius 1 is 0.971 bits per heavy atom. The summed E-state index contributed by atoms with van der Waals surface area (Å²) < 4.78 is 5.65. The number of nitrogen functional groups attached to an aromatic ring is 1. The number of Topliss-reactive ketones (excluding diaryl/α,β-unsaturated/α-hetero) is 1. The van der Waals surface area contributed by atoms with Gasteiger partial charge in [0.2, 0.25) is 5.78 Å². The number of benzene rings is 2. The number of aromatic carboxylic acids is 1. The highest BCUT2D eigenvalue weighted by atomic mass is 16.7. The van der Waals surface area contributed by atoms with Crippen LogP contribution in [0, 0.1) is 5.41 Å². The Labute approximate surface area is 198 Å². The third kappa shape index (κ3) is 7.64. The summed E-state index contributed by atoms with van der Waals surface area (Å²) in [4.78, 5) is 62.0. The van der Waals surface area contributed by atoms with Gasteiger partial charge in [-0.1, -0.05) is 12.1 Å². The molecule has 0 aliphatic rings. The van der Waals surface area contributed by atoms with Crippen molar-refractivity contribution in [2.24, 2.45) is 11.6 Å². The van der Waals surface area contributed by atoms with Crippen LogP contribution in [0.25, 0.3) is 0 Å². The lowest BCUT2D eigenvalue weighted by Gasteiger charge is -2.19. The van der Waals surface area contributed by atoms with Gasteiger partial charge in [-0.15, -0.1) is 0 Å². The normalized spacial score (nSPS) is 11.1. The SMILES string of the molecule is N=C(N)c1ccc(CC(=O)C(=O)ON)c(OC[C@@H](CC(=O)O)NC(=O)c2ccc(C(=O)O)cc2)c1. The van der Waals surface area contributed by atoms with E-state index in [1.54, 1.807) is 0 Å². The molecule has 13 heteroatoms. The van der Waals surface area contributed by atoms with E-state index >= 15 is 0 Å². The number of carbonyl (C=O) groups is 5. The van der Waals surface area contributed by atoms with Crippen molar-refractivity contribution < 1.29 is 43.8 Å². The molecule has 1 atom stereocenters. The van der Waals surface area contributed by atoms with Crippen LogP contribution in [-0.2, 0) is 25.6 Å². The monoisotopic (exact) mass is 486 g/mol. The second-order valence-electron chi connectivity index (χ2n) is 7.20. The summed E-state index contributed by atoms with van der Waals surface area (Å²) in [6.45, 7) is -0.366. The van der Waals surface area contributed by atoms with Crippen LogP contribution in [0.15, 0.2) is 42.5 Å². The average molecular weight is 486 g/mol. The maximum atomic E-state index is 12.5. The molecule has 2 rings (SSSR count). The predicted molar refractivity (Wildman–Crippen MR) is 119 cm³/mol. The van der Waals surface area contributed by atoms with Crippen molar-refractivity contribution in [3.63, 3.8) is 0 Å². The molecule has 0 aliphatic heterocycles. The van der Waals surface area contributed by atoms with Crippen LogP contribution < -0.4 is 21.7 Å². The molecule has 0 aromatic heterocycles. The van der Waals surface area contributed by atoms with E-state index in [1.807, 2.05) is 0 Å². The molecule has 0 spiro atoms. The molecule has 0 saturated carbocycles. The van der Waals surface area contributed by atoms with Crippen molar-refractivity contribution in [2.75, 3.05) is 6.61 Å². The van der Waals surface area contributed by atoms with Gasteiger partial charge in [-0.2, -0.15) is 5.90 Å². The number of nitrogens with two attached hydrogens (primary N) is 2. The molecule has 0 radical (unpaired) electrons. The van der Waals surface area contributed by atoms with Gasteiger partial charge in [0.1, 0.15) is 18.2 Å². The van der Waals surface area contributed by atoms with Gasteiger partial charge in [-0.3, -0.25) is 19.8 Å². The summed E-state index contributed by atoms with van der Waals surface area (Å²) in [6, 6.07) is 8.08. The van der Waals surface area contributed by atoms with E-state index in [1.165, 1.54) is 42.5 Å². The number of amidine groups is 1. The molecule has 0 heterocycles. The van der Waals surface area contributed by atoms with Crippen LogP contribution in [0.5, 0.6) is 5.75 Å². The highest BCUT2D eigenvalue weighted by molar-refractivity contribution is 6.34. The first-order chi connectivity index (χ1) is 16.5. The number of nitrogens with one attached hydrogen (secondary N) is 2. The van der Waals surface area contributed by atoms with E-state index in [-0.39, 0.29) is 40.4 Å². The molecule has 13 nitrogen and oxygen atoms in total. The van der Waals surface area contributed by atoms with Gasteiger partial charge in [0.25, 0.3) is 5.91 Å². The number of ether oxygens (including phenoxy) is 1. The molecule has 184 valence electrons. The molecule has 0 bridgehead atoms. The third-order valence-electron chi connectivity index (χ3n) is 4.65. The number of carbonyl (C=O) groups excluding carboxylic acids is 3. The first kappa shape index (κ1) is 26.5. The average Bonchev–Trinajstić information content (AvgIpc) is 2.82. The fourth-order valence-corrected chi connectivity index (χ4v) is 2.90. The van der Waals surface area contributed by atoms with E-state index in [0.29, 0.717) is 0 Å². The maximum Gasteiger partial charge on any atom is 0.393 e. The quantitative estimate of drug-likeness (QED) is 0.0998.